The van der Waals surface area contributed by atoms with Crippen molar-refractivity contribution in [3.8, 4) is 0 Å². The molecule has 0 radical (unpaired) electrons. The summed E-state index contributed by atoms with van der Waals surface area (Å²) in [5.41, 5.74) is 0. The molecule has 0 aromatic carbocycles. The summed E-state index contributed by atoms with van der Waals surface area (Å²) in [5, 5.41) is 0. The fourth-order valence-electron chi connectivity index (χ4n) is 0. The summed E-state index contributed by atoms with van der Waals surface area (Å²) in [6.07, 6.45) is 0. The molecule has 0 aromatic rings. The van der Waals surface area contributed by atoms with Crippen LogP contribution in [0.4, 0.5) is 4.70 Å². The first-order valence-electron chi connectivity index (χ1n) is 0. The van der Waals surface area contributed by atoms with Crippen LogP contribution in [0.15, 0.2) is 0 Å². The predicted molar refractivity (Wildman–Crippen MR) is 33.2 cm³/mol. The van der Waals surface area contributed by atoms with Crippen molar-refractivity contribution in [3.63, 3.8) is 0 Å². The highest BCUT2D eigenvalue weighted by Crippen LogP contribution is 0.420. The Balaban J connectivity index is 0. The molecule has 0 aliphatic heterocycles. The van der Waals surface area contributed by atoms with Crippen LogP contribution in [-0.2, 0) is 0 Å². The smallest absolute Gasteiger partial charge is 0.187 e. The van der Waals surface area contributed by atoms with E-state index in [0.29, 0.717) is 0 Å². The first-order chi connectivity index (χ1) is 0. The lowest BCUT2D eigenvalue weighted by atomic mass is 16.0. The van der Waals surface area contributed by atoms with E-state index in [9.17, 15) is 0 Å². The first kappa shape index (κ1) is 310. The van der Waals surface area contributed by atoms with Crippen LogP contribution in [0.5, 0.6) is 0 Å². The third-order valence-corrected chi connectivity index (χ3v) is 0. The standard InChI is InChI=1S/2Al.FH.3H2O.6H/h;;1H;3*1H2;;;;;;. The Kier molecular flexibility index (Phi) is 9420. The van der Waals surface area contributed by atoms with Gasteiger partial charge >= 0.3 is 0 Å². The van der Waals surface area contributed by atoms with Crippen LogP contribution >= 0.6 is 0 Å². The Morgan fingerprint density at radius 1 is 0.500 bits per heavy atom. The fraction of sp³-hybridized carbons (Fsp3) is 0. The molecule has 0 unspecified atom stereocenters. The number of halogens is 1. The van der Waals surface area contributed by atoms with Crippen molar-refractivity contribution in [2.45, 2.75) is 0 Å². The lowest BCUT2D eigenvalue weighted by molar-refractivity contribution is 0.823. The van der Waals surface area contributed by atoms with Gasteiger partial charge in [0.05, 0.1) is 0 Å². The highest BCUT2D eigenvalue weighted by Gasteiger charge is 0.188. The van der Waals surface area contributed by atoms with Crippen LogP contribution in [0.25, 0.3) is 0 Å². The van der Waals surface area contributed by atoms with Crippen LogP contribution in [0.2, 0.25) is 0 Å². The molecule has 6 heavy (non-hydrogen) atoms. The van der Waals surface area contributed by atoms with E-state index in [1.54, 1.807) is 0 Å². The van der Waals surface area contributed by atoms with Gasteiger partial charge in [0.25, 0.3) is 0 Å². The number of hydrogen-bond acceptors (Lipinski definition) is 0. The Bertz CT molecular complexity index is 8.75. The first-order valence-corrected chi connectivity index (χ1v) is 0. The van der Waals surface area contributed by atoms with Crippen LogP contribution in [0.1, 0.15) is 0 Å². The van der Waals surface area contributed by atoms with Gasteiger partial charge in [-0.05, 0) is 0 Å². The van der Waals surface area contributed by atoms with E-state index in [-0.39, 0.29) is 55.9 Å². The van der Waals surface area contributed by atoms with Gasteiger partial charge in [0.2, 0.25) is 0 Å². The molecular weight excluding hydrogens is 121 g/mol. The SMILES string of the molecule is F.O.O.O.[AlH3].[AlH3]. The molecule has 0 aromatic heterocycles. The summed E-state index contributed by atoms with van der Waals surface area (Å²) in [7, 11) is 0. The molecule has 0 fully saturated rings. The summed E-state index contributed by atoms with van der Waals surface area (Å²) in [6, 6.07) is 0. The molecule has 0 aliphatic rings. The molecule has 0 bridgehead atoms. The van der Waals surface area contributed by atoms with Crippen LogP contribution in [0, 0.1) is 0 Å². The summed E-state index contributed by atoms with van der Waals surface area (Å²) < 4.78 is 0. The van der Waals surface area contributed by atoms with Gasteiger partial charge in [0.15, 0.2) is 34.7 Å². The maximum Gasteiger partial charge on any atom is 0.187 e. The van der Waals surface area contributed by atoms with Crippen LogP contribution in [0.3, 0.4) is 0 Å². The molecule has 3 nitrogen and oxygen atoms in total. The van der Waals surface area contributed by atoms with E-state index in [0.717, 1.165) is 0 Å². The fourth-order valence-corrected chi connectivity index (χ4v) is 0. The van der Waals surface area contributed by atoms with E-state index in [2.05, 4.69) is 0 Å². The zero-order chi connectivity index (χ0) is 0. The lowest BCUT2D eigenvalue weighted by Gasteiger charge is -0.413. The Hall–Kier alpha value is 0.875. The molecule has 0 saturated heterocycles. The Labute approximate surface area is 56.3 Å². The molecule has 0 rings (SSSR count). The molecule has 0 spiro atoms. The van der Waals surface area contributed by atoms with Gasteiger partial charge < -0.3 is 16.4 Å². The van der Waals surface area contributed by atoms with E-state index >= 15 is 0 Å². The van der Waals surface area contributed by atoms with Crippen LogP contribution < -0.4 is 0 Å². The van der Waals surface area contributed by atoms with Gasteiger partial charge in [0, 0.05) is 0 Å². The zero-order valence-corrected chi connectivity index (χ0v) is 1.91. The second-order valence-corrected chi connectivity index (χ2v) is 0. The van der Waals surface area contributed by atoms with Gasteiger partial charge in [-0.15, -0.1) is 0 Å². The van der Waals surface area contributed by atoms with Crippen molar-refractivity contribution in [1.29, 1.82) is 0 Å². The minimum absolute atomic E-state index is 0. The molecule has 0 aliphatic carbocycles. The van der Waals surface area contributed by atoms with Crippen molar-refractivity contribution in [1.82, 2.24) is 0 Å². The van der Waals surface area contributed by atoms with Gasteiger partial charge in [-0.2, -0.15) is 0 Å². The van der Waals surface area contributed by atoms with Crippen molar-refractivity contribution in [3.05, 3.63) is 0 Å². The summed E-state index contributed by atoms with van der Waals surface area (Å²) in [6.45, 7) is 0. The average molecular weight is 134 g/mol. The molecule has 44 valence electrons. The highest BCUT2D eigenvalue weighted by molar-refractivity contribution is 5.76. The molecular formula is H13Al2FO3. The Morgan fingerprint density at radius 3 is 0.500 bits per heavy atom. The quantitative estimate of drug-likeness (QED) is 0.298. The second-order valence-electron chi connectivity index (χ2n) is 0. The van der Waals surface area contributed by atoms with E-state index in [4.69, 9.17) is 0 Å². The zero-order valence-electron chi connectivity index (χ0n) is 1.91. The highest BCUT2D eigenvalue weighted by atomic mass is 27.0. The summed E-state index contributed by atoms with van der Waals surface area (Å²) in [4.78, 5) is 0. The molecule has 0 atom stereocenters. The number of rotatable bonds is 0. The van der Waals surface area contributed by atoms with Gasteiger partial charge in [0.1, 0.15) is 0 Å². The predicted octanol–water partition coefficient (Wildman–Crippen LogP) is -4.69. The van der Waals surface area contributed by atoms with E-state index in [1.165, 1.54) is 0 Å². The third-order valence-electron chi connectivity index (χ3n) is 0. The second kappa shape index (κ2) is 182. The van der Waals surface area contributed by atoms with Crippen molar-refractivity contribution >= 4 is 34.7 Å². The van der Waals surface area contributed by atoms with Crippen LogP contribution in [-0.4, -0.2) is 51.2 Å². The summed E-state index contributed by atoms with van der Waals surface area (Å²) >= 11 is 0. The third kappa shape index (κ3) is 95.6. The Morgan fingerprint density at radius 2 is 0.500 bits per heavy atom. The van der Waals surface area contributed by atoms with E-state index in [1.807, 2.05) is 0 Å². The minimum atomic E-state index is 0. The topological polar surface area (TPSA) is 94.5 Å². The average Bonchev–Trinajstić information content (AvgIpc) is 0. The largest absolute Gasteiger partial charge is 0.412 e. The lowest BCUT2D eigenvalue weighted by Crippen LogP contribution is -0.382. The summed E-state index contributed by atoms with van der Waals surface area (Å²) in [5.74, 6) is 0. The van der Waals surface area contributed by atoms with Crippen molar-refractivity contribution in [2.75, 3.05) is 0 Å². The molecule has 0 heterocycles. The molecule has 0 saturated carbocycles. The molecule has 6 N–H and O–H groups in total. The van der Waals surface area contributed by atoms with Crippen molar-refractivity contribution in [2.24, 2.45) is 0 Å². The van der Waals surface area contributed by atoms with Crippen molar-refractivity contribution < 1.29 is 21.1 Å². The normalized spacial score (nSPS) is 0. The maximum absolute atomic E-state index is 0. The monoisotopic (exact) mass is 134 g/mol. The maximum atomic E-state index is 0. The van der Waals surface area contributed by atoms with Gasteiger partial charge in [-0.25, -0.2) is 0 Å². The molecule has 6 heteroatoms. The van der Waals surface area contributed by atoms with Gasteiger partial charge in [-0.1, -0.05) is 0 Å². The molecule has 0 amide bonds. The van der Waals surface area contributed by atoms with E-state index < -0.39 is 0 Å². The minimum Gasteiger partial charge on any atom is -0.412 e. The number of hydrogen-bond donors (Lipinski definition) is 0. The van der Waals surface area contributed by atoms with Gasteiger partial charge in [-0.3, -0.25) is 4.70 Å².